The van der Waals surface area contributed by atoms with Gasteiger partial charge in [0.1, 0.15) is 0 Å². The molecule has 16 heteroatoms. The van der Waals surface area contributed by atoms with Gasteiger partial charge in [0.25, 0.3) is 0 Å². The molecule has 0 aliphatic heterocycles. The van der Waals surface area contributed by atoms with Crippen LogP contribution in [0.5, 0.6) is 0 Å². The number of hydrogen-bond acceptors (Lipinski definition) is 3. The van der Waals surface area contributed by atoms with E-state index in [2.05, 4.69) is 0 Å². The van der Waals surface area contributed by atoms with Crippen LogP contribution in [0.1, 0.15) is 0 Å². The Morgan fingerprint density at radius 2 is 1.10 bits per heavy atom. The topological polar surface area (TPSA) is 63.3 Å². The molecule has 0 spiro atoms. The van der Waals surface area contributed by atoms with Crippen molar-refractivity contribution < 1.29 is 66.1 Å². The third kappa shape index (κ3) is 3.31. The van der Waals surface area contributed by atoms with E-state index < -0.39 is 39.7 Å². The highest BCUT2D eigenvalue weighted by atomic mass is 32.3. The van der Waals surface area contributed by atoms with E-state index in [1.165, 1.54) is 4.74 Å². The highest BCUT2D eigenvalue weighted by Gasteiger charge is 2.81. The first kappa shape index (κ1) is 20.1. The zero-order valence-corrected chi connectivity index (χ0v) is 9.52. The third-order valence-corrected chi connectivity index (χ3v) is 2.50. The monoisotopic (exact) mass is 365 g/mol. The summed E-state index contributed by atoms with van der Waals surface area (Å²) in [7, 11) is -7.71. The van der Waals surface area contributed by atoms with Crippen molar-refractivity contribution in [1.82, 2.24) is 0 Å². The molecule has 0 amide bonds. The summed E-state index contributed by atoms with van der Waals surface area (Å²) in [6.45, 7) is 0. The van der Waals surface area contributed by atoms with Crippen molar-refractivity contribution in [1.29, 1.82) is 0 Å². The highest BCUT2D eigenvalue weighted by Crippen LogP contribution is 2.51. The summed E-state index contributed by atoms with van der Waals surface area (Å²) >= 11 is 0. The van der Waals surface area contributed by atoms with Crippen molar-refractivity contribution in [2.24, 2.45) is 0 Å². The minimum Gasteiger partial charge on any atom is -0.262 e. The van der Waals surface area contributed by atoms with Crippen molar-refractivity contribution in [3.8, 4) is 0 Å². The second-order valence-electron chi connectivity index (χ2n) is 3.18. The largest absolute Gasteiger partial charge is 0.464 e. The van der Waals surface area contributed by atoms with Crippen LogP contribution in [0.15, 0.2) is 0 Å². The van der Waals surface area contributed by atoms with Gasteiger partial charge in [-0.05, 0) is 0 Å². The van der Waals surface area contributed by atoms with Crippen LogP contribution < -0.4 is 0 Å². The molecule has 1 radical (unpaired) electrons. The molecule has 0 aromatic carbocycles. The summed E-state index contributed by atoms with van der Waals surface area (Å²) in [5.74, 6) is -7.27. The lowest BCUT2D eigenvalue weighted by Crippen LogP contribution is -2.62. The Bertz CT molecular complexity index is 474. The molecule has 0 rings (SSSR count). The fourth-order valence-electron chi connectivity index (χ4n) is 0.660. The number of ether oxygens (including phenoxy) is 1. The Labute approximate surface area is 107 Å². The van der Waals surface area contributed by atoms with Gasteiger partial charge in [0, 0.05) is 0 Å². The molecule has 127 valence electrons. The second-order valence-corrected chi connectivity index (χ2v) is 4.57. The molecule has 0 aromatic heterocycles. The van der Waals surface area contributed by atoms with Crippen LogP contribution in [0, 0.1) is 0 Å². The second kappa shape index (κ2) is 4.80. The standard InChI is InChI=1S/C5F11O4S/c6-1(2(7,8)9,3(10,11)17)20-4(12,13)5(14,15)21(16,18)19. The van der Waals surface area contributed by atoms with Crippen LogP contribution in [0.2, 0.25) is 0 Å². The van der Waals surface area contributed by atoms with Crippen LogP contribution >= 0.6 is 0 Å². The molecule has 0 N–H and O–H groups in total. The summed E-state index contributed by atoms with van der Waals surface area (Å²) in [6.07, 6.45) is -21.7. The number of halogens is 11. The first-order valence-electron chi connectivity index (χ1n) is 3.94. The van der Waals surface area contributed by atoms with Crippen molar-refractivity contribution in [2.75, 3.05) is 0 Å². The molecule has 0 aliphatic carbocycles. The fourth-order valence-corrected chi connectivity index (χ4v) is 0.986. The first-order valence-corrected chi connectivity index (χ1v) is 5.33. The fraction of sp³-hybridized carbons (Fsp3) is 1.00. The molecule has 0 fully saturated rings. The summed E-state index contributed by atoms with van der Waals surface area (Å²) in [5.41, 5.74) is 0. The van der Waals surface area contributed by atoms with Gasteiger partial charge >= 0.3 is 39.7 Å². The van der Waals surface area contributed by atoms with Gasteiger partial charge in [0.15, 0.2) is 0 Å². The zero-order chi connectivity index (χ0) is 17.7. The van der Waals surface area contributed by atoms with Crippen LogP contribution in [-0.2, 0) is 20.1 Å². The lowest BCUT2D eigenvalue weighted by atomic mass is 10.2. The van der Waals surface area contributed by atoms with Gasteiger partial charge in [-0.25, -0.2) is 0 Å². The Kier molecular flexibility index (Phi) is 4.60. The van der Waals surface area contributed by atoms with Crippen molar-refractivity contribution >= 4 is 10.2 Å². The normalized spacial score (nSPS) is 18.5. The lowest BCUT2D eigenvalue weighted by Gasteiger charge is -2.34. The third-order valence-electron chi connectivity index (χ3n) is 1.65. The summed E-state index contributed by atoms with van der Waals surface area (Å²) in [5, 5.41) is 2.46. The summed E-state index contributed by atoms with van der Waals surface area (Å²) in [4.78, 5) is 0. The summed E-state index contributed by atoms with van der Waals surface area (Å²) in [6, 6.07) is 0. The van der Waals surface area contributed by atoms with Gasteiger partial charge < -0.3 is 0 Å². The first-order chi connectivity index (χ1) is 8.71. The predicted molar refractivity (Wildman–Crippen MR) is 36.5 cm³/mol. The van der Waals surface area contributed by atoms with E-state index in [4.69, 9.17) is 0 Å². The molecular formula is C5F11O4S. The van der Waals surface area contributed by atoms with Crippen LogP contribution in [-0.4, -0.2) is 37.9 Å². The minimum atomic E-state index is -7.71. The number of rotatable bonds is 5. The molecule has 1 atom stereocenters. The van der Waals surface area contributed by atoms with Crippen LogP contribution in [0.25, 0.3) is 0 Å². The molecule has 0 bridgehead atoms. The van der Waals surface area contributed by atoms with E-state index in [1.807, 2.05) is 0 Å². The minimum absolute atomic E-state index is 1.39. The molecule has 0 aliphatic rings. The van der Waals surface area contributed by atoms with Gasteiger partial charge in [0.05, 0.1) is 0 Å². The van der Waals surface area contributed by atoms with Gasteiger partial charge in [-0.3, -0.25) is 4.74 Å². The highest BCUT2D eigenvalue weighted by molar-refractivity contribution is 7.87. The van der Waals surface area contributed by atoms with Gasteiger partial charge in [0.2, 0.25) is 0 Å². The molecule has 0 heterocycles. The average molecular weight is 365 g/mol. The molecule has 21 heavy (non-hydrogen) atoms. The van der Waals surface area contributed by atoms with E-state index in [1.54, 1.807) is 0 Å². The SMILES string of the molecule is [O]C(F)(F)C(F)(OC(F)(F)C(F)(F)S(=O)(=O)F)C(F)(F)F. The van der Waals surface area contributed by atoms with E-state index in [-0.39, 0.29) is 0 Å². The lowest BCUT2D eigenvalue weighted by molar-refractivity contribution is -0.516. The zero-order valence-electron chi connectivity index (χ0n) is 8.70. The summed E-state index contributed by atoms with van der Waals surface area (Å²) < 4.78 is 154. The van der Waals surface area contributed by atoms with Gasteiger partial charge in [-0.2, -0.15) is 57.4 Å². The maximum Gasteiger partial charge on any atom is 0.464 e. The molecule has 1 unspecified atom stereocenters. The van der Waals surface area contributed by atoms with Crippen LogP contribution in [0.3, 0.4) is 0 Å². The molecule has 4 nitrogen and oxygen atoms in total. The predicted octanol–water partition coefficient (Wildman–Crippen LogP) is 2.74. The number of alkyl halides is 10. The Morgan fingerprint density at radius 3 is 1.29 bits per heavy atom. The molecule has 0 saturated heterocycles. The maximum absolute atomic E-state index is 12.7. The van der Waals surface area contributed by atoms with Crippen LogP contribution in [0.4, 0.5) is 47.8 Å². The van der Waals surface area contributed by atoms with Crippen molar-refractivity contribution in [3.05, 3.63) is 0 Å². The van der Waals surface area contributed by atoms with E-state index in [9.17, 15) is 61.3 Å². The van der Waals surface area contributed by atoms with E-state index in [0.717, 1.165) is 0 Å². The van der Waals surface area contributed by atoms with E-state index in [0.29, 0.717) is 0 Å². The van der Waals surface area contributed by atoms with Crippen molar-refractivity contribution in [3.63, 3.8) is 0 Å². The average Bonchev–Trinajstić information content (AvgIpc) is 2.10. The quantitative estimate of drug-likeness (QED) is 0.556. The Balaban J connectivity index is 6.01. The Hall–Kier alpha value is -0.900. The molecular weight excluding hydrogens is 365 g/mol. The smallest absolute Gasteiger partial charge is 0.262 e. The van der Waals surface area contributed by atoms with Gasteiger partial charge in [-0.15, -0.1) is 0 Å². The van der Waals surface area contributed by atoms with Gasteiger partial charge in [-0.1, -0.05) is 3.89 Å². The van der Waals surface area contributed by atoms with E-state index >= 15 is 0 Å². The Morgan fingerprint density at radius 1 is 0.762 bits per heavy atom. The molecule has 0 saturated carbocycles. The number of hydrogen-bond donors (Lipinski definition) is 0. The van der Waals surface area contributed by atoms with Crippen molar-refractivity contribution in [2.45, 2.75) is 29.5 Å². The molecule has 0 aromatic rings. The maximum atomic E-state index is 12.7.